The molecule has 0 aliphatic carbocycles. The molecule has 94 valence electrons. The van der Waals surface area contributed by atoms with Gasteiger partial charge in [0.05, 0.1) is 12.8 Å². The van der Waals surface area contributed by atoms with Crippen molar-refractivity contribution >= 4 is 5.69 Å². The van der Waals surface area contributed by atoms with Crippen LogP contribution in [0.2, 0.25) is 0 Å². The average Bonchev–Trinajstić information content (AvgIpc) is 2.98. The quantitative estimate of drug-likeness (QED) is 0.893. The molecule has 0 saturated carbocycles. The fourth-order valence-electron chi connectivity index (χ4n) is 2.47. The molecule has 1 N–H and O–H groups in total. The van der Waals surface area contributed by atoms with Crippen molar-refractivity contribution in [1.29, 1.82) is 0 Å². The van der Waals surface area contributed by atoms with Gasteiger partial charge < -0.3 is 9.73 Å². The Labute approximate surface area is 107 Å². The van der Waals surface area contributed by atoms with Crippen LogP contribution in [0.3, 0.4) is 0 Å². The fourth-order valence-corrected chi connectivity index (χ4v) is 2.47. The Balaban J connectivity index is 1.65. The van der Waals surface area contributed by atoms with Gasteiger partial charge in [-0.05, 0) is 42.8 Å². The SMILES string of the molecule is CN(Cc1ccc2c(c1)NCC2)Cc1ccco1. The summed E-state index contributed by atoms with van der Waals surface area (Å²) in [5, 5.41) is 3.42. The molecule has 0 spiro atoms. The van der Waals surface area contributed by atoms with Crippen LogP contribution in [0.25, 0.3) is 0 Å². The third-order valence-corrected chi connectivity index (χ3v) is 3.34. The van der Waals surface area contributed by atoms with Gasteiger partial charge >= 0.3 is 0 Å². The van der Waals surface area contributed by atoms with E-state index in [9.17, 15) is 0 Å². The van der Waals surface area contributed by atoms with Gasteiger partial charge in [-0.15, -0.1) is 0 Å². The van der Waals surface area contributed by atoms with E-state index in [1.165, 1.54) is 16.8 Å². The number of rotatable bonds is 4. The Bertz CT molecular complexity index is 519. The summed E-state index contributed by atoms with van der Waals surface area (Å²) in [6, 6.07) is 10.7. The second-order valence-electron chi connectivity index (χ2n) is 4.92. The fraction of sp³-hybridized carbons (Fsp3) is 0.333. The molecule has 3 rings (SSSR count). The Morgan fingerprint density at radius 3 is 3.06 bits per heavy atom. The van der Waals surface area contributed by atoms with Gasteiger partial charge in [-0.2, -0.15) is 0 Å². The van der Waals surface area contributed by atoms with E-state index in [2.05, 4.69) is 35.5 Å². The minimum atomic E-state index is 0.845. The van der Waals surface area contributed by atoms with E-state index < -0.39 is 0 Å². The second kappa shape index (κ2) is 4.86. The van der Waals surface area contributed by atoms with Gasteiger partial charge in [0.25, 0.3) is 0 Å². The molecular formula is C15H18N2O. The van der Waals surface area contributed by atoms with Crippen molar-refractivity contribution in [2.45, 2.75) is 19.5 Å². The molecule has 1 aliphatic heterocycles. The zero-order valence-electron chi connectivity index (χ0n) is 10.6. The van der Waals surface area contributed by atoms with E-state index in [1.807, 2.05) is 12.1 Å². The maximum Gasteiger partial charge on any atom is 0.117 e. The van der Waals surface area contributed by atoms with Crippen molar-refractivity contribution in [2.75, 3.05) is 18.9 Å². The minimum Gasteiger partial charge on any atom is -0.468 e. The predicted octanol–water partition coefficient (Wildman–Crippen LogP) is 2.88. The summed E-state index contributed by atoms with van der Waals surface area (Å²) >= 11 is 0. The van der Waals surface area contributed by atoms with Gasteiger partial charge in [0, 0.05) is 18.8 Å². The van der Waals surface area contributed by atoms with Crippen LogP contribution in [0.1, 0.15) is 16.9 Å². The largest absolute Gasteiger partial charge is 0.468 e. The van der Waals surface area contributed by atoms with E-state index in [0.29, 0.717) is 0 Å². The van der Waals surface area contributed by atoms with Crippen molar-refractivity contribution in [3.63, 3.8) is 0 Å². The predicted molar refractivity (Wildman–Crippen MR) is 72.5 cm³/mol. The van der Waals surface area contributed by atoms with Gasteiger partial charge in [-0.3, -0.25) is 4.90 Å². The molecular weight excluding hydrogens is 224 g/mol. The van der Waals surface area contributed by atoms with E-state index in [0.717, 1.165) is 31.8 Å². The van der Waals surface area contributed by atoms with Crippen LogP contribution in [0.4, 0.5) is 5.69 Å². The maximum atomic E-state index is 5.36. The number of nitrogens with one attached hydrogen (secondary N) is 1. The van der Waals surface area contributed by atoms with E-state index in [-0.39, 0.29) is 0 Å². The Kier molecular flexibility index (Phi) is 3.07. The third-order valence-electron chi connectivity index (χ3n) is 3.34. The molecule has 0 atom stereocenters. The van der Waals surface area contributed by atoms with Crippen LogP contribution >= 0.6 is 0 Å². The molecule has 2 heterocycles. The van der Waals surface area contributed by atoms with E-state index in [4.69, 9.17) is 4.42 Å². The van der Waals surface area contributed by atoms with Gasteiger partial charge in [-0.1, -0.05) is 12.1 Å². The molecule has 1 aromatic heterocycles. The number of anilines is 1. The first-order chi connectivity index (χ1) is 8.81. The molecule has 0 bridgehead atoms. The standard InChI is InChI=1S/C15H18N2O/c1-17(11-14-3-2-8-18-14)10-12-4-5-13-6-7-16-15(13)9-12/h2-5,8-9,16H,6-7,10-11H2,1H3. The summed E-state index contributed by atoms with van der Waals surface area (Å²) in [5.74, 6) is 1.01. The monoisotopic (exact) mass is 242 g/mol. The summed E-state index contributed by atoms with van der Waals surface area (Å²) in [5.41, 5.74) is 4.09. The highest BCUT2D eigenvalue weighted by Gasteiger charge is 2.11. The second-order valence-corrected chi connectivity index (χ2v) is 4.92. The molecule has 3 heteroatoms. The number of benzene rings is 1. The first-order valence-corrected chi connectivity index (χ1v) is 6.38. The molecule has 2 aromatic rings. The summed E-state index contributed by atoms with van der Waals surface area (Å²) in [6.07, 6.45) is 2.88. The summed E-state index contributed by atoms with van der Waals surface area (Å²) in [6.45, 7) is 2.86. The molecule has 3 nitrogen and oxygen atoms in total. The van der Waals surface area contributed by atoms with Crippen molar-refractivity contribution in [2.24, 2.45) is 0 Å². The van der Waals surface area contributed by atoms with Crippen LogP contribution in [0.5, 0.6) is 0 Å². The Hall–Kier alpha value is -1.74. The smallest absolute Gasteiger partial charge is 0.117 e. The lowest BCUT2D eigenvalue weighted by molar-refractivity contribution is 0.288. The van der Waals surface area contributed by atoms with Crippen LogP contribution in [0.15, 0.2) is 41.0 Å². The lowest BCUT2D eigenvalue weighted by atomic mass is 10.1. The molecule has 0 amide bonds. The van der Waals surface area contributed by atoms with Gasteiger partial charge in [0.1, 0.15) is 5.76 Å². The highest BCUT2D eigenvalue weighted by atomic mass is 16.3. The Morgan fingerprint density at radius 1 is 1.28 bits per heavy atom. The topological polar surface area (TPSA) is 28.4 Å². The molecule has 0 unspecified atom stereocenters. The van der Waals surface area contributed by atoms with Gasteiger partial charge in [-0.25, -0.2) is 0 Å². The highest BCUT2D eigenvalue weighted by Crippen LogP contribution is 2.23. The Morgan fingerprint density at radius 2 is 2.22 bits per heavy atom. The van der Waals surface area contributed by atoms with Gasteiger partial charge in [0.15, 0.2) is 0 Å². The average molecular weight is 242 g/mol. The summed E-state index contributed by atoms with van der Waals surface area (Å²) in [7, 11) is 2.11. The maximum absolute atomic E-state index is 5.36. The lowest BCUT2D eigenvalue weighted by Gasteiger charge is -2.15. The number of furan rings is 1. The van der Waals surface area contributed by atoms with E-state index >= 15 is 0 Å². The van der Waals surface area contributed by atoms with Crippen LogP contribution in [-0.2, 0) is 19.5 Å². The molecule has 0 saturated heterocycles. The molecule has 1 aliphatic rings. The van der Waals surface area contributed by atoms with Crippen molar-refractivity contribution in [3.05, 3.63) is 53.5 Å². The van der Waals surface area contributed by atoms with Crippen LogP contribution in [0, 0.1) is 0 Å². The molecule has 1 aromatic carbocycles. The van der Waals surface area contributed by atoms with Crippen molar-refractivity contribution in [1.82, 2.24) is 4.90 Å². The summed E-state index contributed by atoms with van der Waals surface area (Å²) < 4.78 is 5.36. The van der Waals surface area contributed by atoms with Crippen molar-refractivity contribution < 1.29 is 4.42 Å². The first-order valence-electron chi connectivity index (χ1n) is 6.38. The minimum absolute atomic E-state index is 0.845. The molecule has 0 radical (unpaired) electrons. The normalized spacial score (nSPS) is 13.7. The lowest BCUT2D eigenvalue weighted by Crippen LogP contribution is -2.16. The zero-order chi connectivity index (χ0) is 12.4. The highest BCUT2D eigenvalue weighted by molar-refractivity contribution is 5.56. The van der Waals surface area contributed by atoms with Crippen LogP contribution in [-0.4, -0.2) is 18.5 Å². The number of fused-ring (bicyclic) bond motifs is 1. The number of nitrogens with zero attached hydrogens (tertiary/aromatic N) is 1. The van der Waals surface area contributed by atoms with E-state index in [1.54, 1.807) is 6.26 Å². The first kappa shape index (κ1) is 11.4. The summed E-state index contributed by atoms with van der Waals surface area (Å²) in [4.78, 5) is 2.26. The van der Waals surface area contributed by atoms with Crippen molar-refractivity contribution in [3.8, 4) is 0 Å². The van der Waals surface area contributed by atoms with Crippen LogP contribution < -0.4 is 5.32 Å². The molecule has 18 heavy (non-hydrogen) atoms. The number of hydrogen-bond acceptors (Lipinski definition) is 3. The third kappa shape index (κ3) is 2.41. The number of hydrogen-bond donors (Lipinski definition) is 1. The molecule has 0 fully saturated rings. The zero-order valence-corrected chi connectivity index (χ0v) is 10.6. The van der Waals surface area contributed by atoms with Gasteiger partial charge in [0.2, 0.25) is 0 Å².